The predicted molar refractivity (Wildman–Crippen MR) is 194 cm³/mol. The third-order valence-electron chi connectivity index (χ3n) is 8.77. The van der Waals surface area contributed by atoms with E-state index in [9.17, 15) is 14.7 Å². The molecule has 5 N–H and O–H groups in total. The zero-order valence-electron chi connectivity index (χ0n) is 29.3. The lowest BCUT2D eigenvalue weighted by atomic mass is 9.92. The first-order chi connectivity index (χ1) is 23.8. The highest BCUT2D eigenvalue weighted by Gasteiger charge is 2.33. The Morgan fingerprint density at radius 2 is 1.80 bits per heavy atom. The van der Waals surface area contributed by atoms with Gasteiger partial charge < -0.3 is 30.5 Å². The SMILES string of the molecule is COc1ccc(CN2C(=O)C(C)C(OCc3ccccc3CNC(=O)Nc3cc(C(C)(C)C)nn3-c3ccc(Cl)c(O)c3)C=C2C)cc1CN. The molecule has 4 aromatic rings. The van der Waals surface area contributed by atoms with E-state index < -0.39 is 18.1 Å². The summed E-state index contributed by atoms with van der Waals surface area (Å²) < 4.78 is 13.3. The molecule has 0 saturated heterocycles. The fraction of sp³-hybridized carbons (Fsp3) is 0.342. The molecule has 0 saturated carbocycles. The van der Waals surface area contributed by atoms with Crippen LogP contribution < -0.4 is 21.1 Å². The molecule has 2 unspecified atom stereocenters. The average Bonchev–Trinajstić information content (AvgIpc) is 3.52. The quantitative estimate of drug-likeness (QED) is 0.135. The Labute approximate surface area is 298 Å². The fourth-order valence-electron chi connectivity index (χ4n) is 5.76. The summed E-state index contributed by atoms with van der Waals surface area (Å²) in [5, 5.41) is 20.9. The number of carbonyl (C=O) groups is 2. The number of nitrogens with zero attached hydrogens (tertiary/aromatic N) is 3. The summed E-state index contributed by atoms with van der Waals surface area (Å²) in [4.78, 5) is 28.5. The van der Waals surface area contributed by atoms with Crippen LogP contribution in [0.2, 0.25) is 5.02 Å². The van der Waals surface area contributed by atoms with Gasteiger partial charge in [0.1, 0.15) is 17.3 Å². The third-order valence-corrected chi connectivity index (χ3v) is 9.09. The van der Waals surface area contributed by atoms with Crippen LogP contribution in [0.5, 0.6) is 11.5 Å². The monoisotopic (exact) mass is 700 g/mol. The highest BCUT2D eigenvalue weighted by atomic mass is 35.5. The molecule has 0 bridgehead atoms. The van der Waals surface area contributed by atoms with Crippen molar-refractivity contribution in [3.05, 3.63) is 111 Å². The third kappa shape index (κ3) is 8.30. The van der Waals surface area contributed by atoms with Crippen molar-refractivity contribution in [1.29, 1.82) is 0 Å². The number of halogens is 1. The maximum atomic E-state index is 13.5. The highest BCUT2D eigenvalue weighted by molar-refractivity contribution is 6.32. The van der Waals surface area contributed by atoms with E-state index in [-0.39, 0.29) is 35.2 Å². The van der Waals surface area contributed by atoms with Crippen molar-refractivity contribution in [3.63, 3.8) is 0 Å². The van der Waals surface area contributed by atoms with E-state index in [2.05, 4.69) is 10.6 Å². The van der Waals surface area contributed by atoms with Crippen LogP contribution in [0.1, 0.15) is 62.6 Å². The number of hydrogen-bond acceptors (Lipinski definition) is 7. The van der Waals surface area contributed by atoms with Crippen molar-refractivity contribution in [3.8, 4) is 17.2 Å². The van der Waals surface area contributed by atoms with Crippen LogP contribution in [0.25, 0.3) is 5.69 Å². The summed E-state index contributed by atoms with van der Waals surface area (Å²) >= 11 is 6.02. The van der Waals surface area contributed by atoms with Crippen molar-refractivity contribution in [2.24, 2.45) is 11.7 Å². The van der Waals surface area contributed by atoms with Crippen LogP contribution >= 0.6 is 11.6 Å². The van der Waals surface area contributed by atoms with Crippen molar-refractivity contribution in [2.45, 2.75) is 72.4 Å². The fourth-order valence-corrected chi connectivity index (χ4v) is 5.88. The van der Waals surface area contributed by atoms with Gasteiger partial charge in [0, 0.05) is 41.9 Å². The Hall–Kier alpha value is -4.84. The first-order valence-corrected chi connectivity index (χ1v) is 16.8. The lowest BCUT2D eigenvalue weighted by Gasteiger charge is -2.35. The Morgan fingerprint density at radius 3 is 2.48 bits per heavy atom. The van der Waals surface area contributed by atoms with Gasteiger partial charge in [0.2, 0.25) is 5.91 Å². The number of benzene rings is 3. The molecule has 1 aromatic heterocycles. The van der Waals surface area contributed by atoms with Gasteiger partial charge in [-0.25, -0.2) is 9.48 Å². The predicted octanol–water partition coefficient (Wildman–Crippen LogP) is 6.79. The lowest BCUT2D eigenvalue weighted by Crippen LogP contribution is -2.43. The van der Waals surface area contributed by atoms with E-state index in [0.29, 0.717) is 24.6 Å². The van der Waals surface area contributed by atoms with E-state index in [0.717, 1.165) is 39.4 Å². The molecule has 50 heavy (non-hydrogen) atoms. The summed E-state index contributed by atoms with van der Waals surface area (Å²) in [7, 11) is 1.61. The molecule has 3 amide bonds. The molecule has 1 aliphatic heterocycles. The number of rotatable bonds is 11. The minimum atomic E-state index is -0.430. The summed E-state index contributed by atoms with van der Waals surface area (Å²) in [6.07, 6.45) is 1.58. The minimum absolute atomic E-state index is 0.0191. The number of phenols is 1. The van der Waals surface area contributed by atoms with Gasteiger partial charge >= 0.3 is 6.03 Å². The molecule has 5 rings (SSSR count). The van der Waals surface area contributed by atoms with Gasteiger partial charge in [-0.1, -0.05) is 69.6 Å². The van der Waals surface area contributed by atoms with Gasteiger partial charge in [-0.05, 0) is 54.0 Å². The van der Waals surface area contributed by atoms with Crippen molar-refractivity contribution in [2.75, 3.05) is 12.4 Å². The number of carbonyl (C=O) groups excluding carboxylic acids is 2. The lowest BCUT2D eigenvalue weighted by molar-refractivity contribution is -0.139. The van der Waals surface area contributed by atoms with Gasteiger partial charge in [0.15, 0.2) is 0 Å². The number of allylic oxidation sites excluding steroid dienone is 1. The number of phenolic OH excluding ortho intramolecular Hbond substituents is 1. The molecule has 0 spiro atoms. The molecule has 1 aliphatic rings. The number of nitrogens with two attached hydrogens (primary N) is 1. The number of amides is 3. The maximum Gasteiger partial charge on any atom is 0.320 e. The standard InChI is InChI=1S/C38H45ClN6O5/c1-23-15-33(24(2)36(47)44(23)21-25-11-14-32(49-6)28(16-25)19-40)50-22-27-10-8-7-9-26(27)20-41-37(48)42-35-18-34(38(3,4)5)43-45(35)29-12-13-30(39)31(46)17-29/h7-18,24,33,46H,19-22,40H2,1-6H3,(H2,41,42,48). The van der Waals surface area contributed by atoms with Gasteiger partial charge in [0.05, 0.1) is 48.7 Å². The second kappa shape index (κ2) is 15.4. The van der Waals surface area contributed by atoms with E-state index in [4.69, 9.17) is 31.9 Å². The van der Waals surface area contributed by atoms with Crippen LogP contribution in [-0.4, -0.2) is 44.9 Å². The van der Waals surface area contributed by atoms with E-state index in [1.807, 2.05) is 89.2 Å². The van der Waals surface area contributed by atoms with Crippen LogP contribution in [0.4, 0.5) is 10.6 Å². The molecular formula is C38H45ClN6O5. The van der Waals surface area contributed by atoms with E-state index in [1.54, 1.807) is 28.8 Å². The molecular weight excluding hydrogens is 656 g/mol. The Kier molecular flexibility index (Phi) is 11.2. The Bertz CT molecular complexity index is 1900. The maximum absolute atomic E-state index is 13.5. The molecule has 264 valence electrons. The molecule has 0 fully saturated rings. The molecule has 11 nitrogen and oxygen atoms in total. The summed E-state index contributed by atoms with van der Waals surface area (Å²) in [5.74, 6) is 0.660. The number of methoxy groups -OCH3 is 1. The molecule has 0 aliphatic carbocycles. The zero-order valence-corrected chi connectivity index (χ0v) is 30.0. The smallest absolute Gasteiger partial charge is 0.320 e. The van der Waals surface area contributed by atoms with E-state index >= 15 is 0 Å². The van der Waals surface area contributed by atoms with Crippen LogP contribution in [0.3, 0.4) is 0 Å². The first kappa shape index (κ1) is 36.4. The molecule has 12 heteroatoms. The average molecular weight is 701 g/mol. The zero-order chi connectivity index (χ0) is 36.2. The molecule has 2 atom stereocenters. The van der Waals surface area contributed by atoms with Crippen molar-refractivity contribution in [1.82, 2.24) is 20.0 Å². The van der Waals surface area contributed by atoms with Crippen LogP contribution in [-0.2, 0) is 41.2 Å². The summed E-state index contributed by atoms with van der Waals surface area (Å²) in [5.41, 5.74) is 11.4. The number of anilines is 1. The van der Waals surface area contributed by atoms with Gasteiger partial charge in [-0.2, -0.15) is 5.10 Å². The Balaban J connectivity index is 1.24. The normalized spacial score (nSPS) is 16.3. The first-order valence-electron chi connectivity index (χ1n) is 16.5. The van der Waals surface area contributed by atoms with Gasteiger partial charge in [-0.3, -0.25) is 10.1 Å². The van der Waals surface area contributed by atoms with Crippen LogP contribution in [0.15, 0.2) is 78.5 Å². The van der Waals surface area contributed by atoms with Gasteiger partial charge in [-0.15, -0.1) is 0 Å². The van der Waals surface area contributed by atoms with Crippen molar-refractivity contribution >= 4 is 29.4 Å². The molecule has 2 heterocycles. The van der Waals surface area contributed by atoms with Gasteiger partial charge in [0.25, 0.3) is 0 Å². The minimum Gasteiger partial charge on any atom is -0.506 e. The summed E-state index contributed by atoms with van der Waals surface area (Å²) in [6.45, 7) is 11.1. The highest BCUT2D eigenvalue weighted by Crippen LogP contribution is 2.31. The topological polar surface area (TPSA) is 144 Å². The molecule has 0 radical (unpaired) electrons. The Morgan fingerprint density at radius 1 is 1.06 bits per heavy atom. The number of hydrogen-bond donors (Lipinski definition) is 4. The summed E-state index contributed by atoms with van der Waals surface area (Å²) in [6, 6.07) is 19.7. The second-order valence-corrected chi connectivity index (χ2v) is 13.8. The molecule has 3 aromatic carbocycles. The number of nitrogens with one attached hydrogen (secondary N) is 2. The van der Waals surface area contributed by atoms with Crippen LogP contribution in [0, 0.1) is 5.92 Å². The largest absolute Gasteiger partial charge is 0.506 e. The number of aromatic hydroxyl groups is 1. The van der Waals surface area contributed by atoms with Crippen molar-refractivity contribution < 1.29 is 24.2 Å². The van der Waals surface area contributed by atoms with E-state index in [1.165, 1.54) is 6.07 Å². The number of aromatic nitrogens is 2. The number of ether oxygens (including phenoxy) is 2. The second-order valence-electron chi connectivity index (χ2n) is 13.4. The number of urea groups is 1.